The van der Waals surface area contributed by atoms with E-state index < -0.39 is 0 Å². The van der Waals surface area contributed by atoms with Crippen molar-refractivity contribution in [2.24, 2.45) is 0 Å². The fourth-order valence-corrected chi connectivity index (χ4v) is 3.81. The average molecular weight is 298 g/mol. The maximum Gasteiger partial charge on any atom is 0.120 e. The van der Waals surface area contributed by atoms with Crippen LogP contribution < -0.4 is 10.1 Å². The van der Waals surface area contributed by atoms with Crippen LogP contribution in [0.2, 0.25) is 0 Å². The van der Waals surface area contributed by atoms with E-state index in [2.05, 4.69) is 47.2 Å². The molecule has 0 radical (unpaired) electrons. The number of hydrogen-bond acceptors (Lipinski definition) is 2. The van der Waals surface area contributed by atoms with Crippen LogP contribution in [0.25, 0.3) is 0 Å². The Hall–Kier alpha value is -0.540. The molecule has 1 aliphatic carbocycles. The van der Waals surface area contributed by atoms with Gasteiger partial charge in [-0.05, 0) is 49.1 Å². The molecule has 3 heteroatoms. The van der Waals surface area contributed by atoms with Crippen LogP contribution in [0.5, 0.6) is 5.75 Å². The lowest BCUT2D eigenvalue weighted by molar-refractivity contribution is 0.339. The summed E-state index contributed by atoms with van der Waals surface area (Å²) in [5.74, 6) is 0.955. The Balaban J connectivity index is 2.52. The highest BCUT2D eigenvalue weighted by atomic mass is 79.9. The van der Waals surface area contributed by atoms with E-state index in [0.29, 0.717) is 12.6 Å². The molecule has 0 spiro atoms. The lowest BCUT2D eigenvalue weighted by atomic mass is 9.86. The van der Waals surface area contributed by atoms with Crippen molar-refractivity contribution in [3.63, 3.8) is 0 Å². The fraction of sp³-hybridized carbons (Fsp3) is 0.571. The maximum atomic E-state index is 5.62. The first-order valence-corrected chi connectivity index (χ1v) is 6.93. The zero-order valence-corrected chi connectivity index (χ0v) is 12.5. The summed E-state index contributed by atoms with van der Waals surface area (Å²) < 4.78 is 6.78. The molecule has 2 rings (SSSR count). The molecule has 0 saturated heterocycles. The summed E-state index contributed by atoms with van der Waals surface area (Å²) in [5.41, 5.74) is 3.00. The Kier molecular flexibility index (Phi) is 3.50. The third-order valence-corrected chi connectivity index (χ3v) is 4.15. The Morgan fingerprint density at radius 3 is 2.76 bits per heavy atom. The molecule has 0 aromatic heterocycles. The Morgan fingerprint density at radius 1 is 1.47 bits per heavy atom. The summed E-state index contributed by atoms with van der Waals surface area (Å²) in [7, 11) is 2.02. The van der Waals surface area contributed by atoms with Gasteiger partial charge in [0.15, 0.2) is 0 Å². The van der Waals surface area contributed by atoms with E-state index in [1.54, 1.807) is 0 Å². The van der Waals surface area contributed by atoms with Gasteiger partial charge in [0.2, 0.25) is 0 Å². The number of hydrogen-bond donors (Lipinski definition) is 1. The normalized spacial score (nSPS) is 21.4. The molecule has 1 atom stereocenters. The topological polar surface area (TPSA) is 21.3 Å². The molecule has 1 aromatic rings. The first-order chi connectivity index (χ1) is 7.99. The minimum atomic E-state index is 0.215. The molecule has 1 N–H and O–H groups in total. The van der Waals surface area contributed by atoms with Crippen molar-refractivity contribution >= 4 is 15.9 Å². The van der Waals surface area contributed by atoms with Gasteiger partial charge in [-0.3, -0.25) is 0 Å². The minimum Gasteiger partial charge on any atom is -0.494 e. The van der Waals surface area contributed by atoms with Crippen LogP contribution in [0.4, 0.5) is 0 Å². The number of benzene rings is 1. The second-order valence-corrected chi connectivity index (χ2v) is 6.09. The number of fused-ring (bicyclic) bond motifs is 1. The average Bonchev–Trinajstić information content (AvgIpc) is 2.50. The van der Waals surface area contributed by atoms with Gasteiger partial charge in [-0.15, -0.1) is 0 Å². The molecule has 17 heavy (non-hydrogen) atoms. The van der Waals surface area contributed by atoms with Crippen LogP contribution in [0.3, 0.4) is 0 Å². The number of rotatable bonds is 3. The third-order valence-electron chi connectivity index (χ3n) is 3.52. The predicted molar refractivity (Wildman–Crippen MR) is 74.8 cm³/mol. The summed E-state index contributed by atoms with van der Waals surface area (Å²) in [6, 6.07) is 4.69. The quantitative estimate of drug-likeness (QED) is 0.916. The van der Waals surface area contributed by atoms with E-state index in [0.717, 1.165) is 12.2 Å². The van der Waals surface area contributed by atoms with Crippen molar-refractivity contribution in [3.8, 4) is 5.75 Å². The Labute approximate surface area is 112 Å². The van der Waals surface area contributed by atoms with Crippen molar-refractivity contribution in [3.05, 3.63) is 27.7 Å². The van der Waals surface area contributed by atoms with Gasteiger partial charge < -0.3 is 10.1 Å². The Bertz CT molecular complexity index is 428. The summed E-state index contributed by atoms with van der Waals surface area (Å²) >= 11 is 3.69. The van der Waals surface area contributed by atoms with Crippen LogP contribution in [0.1, 0.15) is 44.4 Å². The van der Waals surface area contributed by atoms with Gasteiger partial charge in [0, 0.05) is 10.5 Å². The number of ether oxygens (including phenoxy) is 1. The van der Waals surface area contributed by atoms with E-state index >= 15 is 0 Å². The predicted octanol–water partition coefficient (Wildman–Crippen LogP) is 3.79. The van der Waals surface area contributed by atoms with Gasteiger partial charge in [-0.1, -0.05) is 29.8 Å². The highest BCUT2D eigenvalue weighted by Crippen LogP contribution is 2.49. The van der Waals surface area contributed by atoms with Crippen LogP contribution in [-0.4, -0.2) is 13.7 Å². The van der Waals surface area contributed by atoms with Crippen molar-refractivity contribution in [2.75, 3.05) is 13.7 Å². The lowest BCUT2D eigenvalue weighted by Crippen LogP contribution is -2.17. The molecule has 0 amide bonds. The molecule has 0 bridgehead atoms. The lowest BCUT2D eigenvalue weighted by Gasteiger charge is -2.20. The standard InChI is InChI=1S/C14H20BrNO/c1-5-17-9-6-10-12(16-4)8-14(2,3)13(10)11(15)7-9/h6-7,12,16H,5,8H2,1-4H3. The van der Waals surface area contributed by atoms with E-state index in [-0.39, 0.29) is 5.41 Å². The molecular formula is C14H20BrNO. The second-order valence-electron chi connectivity index (χ2n) is 5.23. The summed E-state index contributed by atoms with van der Waals surface area (Å²) in [5, 5.41) is 3.40. The minimum absolute atomic E-state index is 0.215. The van der Waals surface area contributed by atoms with Crippen LogP contribution in [0.15, 0.2) is 16.6 Å². The highest BCUT2D eigenvalue weighted by Gasteiger charge is 2.38. The van der Waals surface area contributed by atoms with Crippen molar-refractivity contribution < 1.29 is 4.74 Å². The number of nitrogens with one attached hydrogen (secondary N) is 1. The molecule has 1 aromatic carbocycles. The zero-order chi connectivity index (χ0) is 12.6. The van der Waals surface area contributed by atoms with E-state index in [4.69, 9.17) is 4.74 Å². The molecule has 1 aliphatic rings. The molecular weight excluding hydrogens is 278 g/mol. The van der Waals surface area contributed by atoms with Gasteiger partial charge >= 0.3 is 0 Å². The maximum absolute atomic E-state index is 5.62. The van der Waals surface area contributed by atoms with E-state index in [1.807, 2.05) is 14.0 Å². The summed E-state index contributed by atoms with van der Waals surface area (Å²) in [4.78, 5) is 0. The van der Waals surface area contributed by atoms with Crippen molar-refractivity contribution in [1.29, 1.82) is 0 Å². The molecule has 0 aliphatic heterocycles. The van der Waals surface area contributed by atoms with Gasteiger partial charge in [-0.2, -0.15) is 0 Å². The van der Waals surface area contributed by atoms with Crippen molar-refractivity contribution in [1.82, 2.24) is 5.32 Å². The monoisotopic (exact) mass is 297 g/mol. The molecule has 0 fully saturated rings. The van der Waals surface area contributed by atoms with Crippen LogP contribution >= 0.6 is 15.9 Å². The first kappa shape index (κ1) is 12.9. The summed E-state index contributed by atoms with van der Waals surface area (Å²) in [6.45, 7) is 7.32. The summed E-state index contributed by atoms with van der Waals surface area (Å²) in [6.07, 6.45) is 1.13. The largest absolute Gasteiger partial charge is 0.494 e. The van der Waals surface area contributed by atoms with E-state index in [9.17, 15) is 0 Å². The molecule has 94 valence electrons. The molecule has 0 heterocycles. The van der Waals surface area contributed by atoms with Crippen LogP contribution in [-0.2, 0) is 5.41 Å². The van der Waals surface area contributed by atoms with E-state index in [1.165, 1.54) is 15.6 Å². The van der Waals surface area contributed by atoms with Crippen LogP contribution in [0, 0.1) is 0 Å². The van der Waals surface area contributed by atoms with Gasteiger partial charge in [0.25, 0.3) is 0 Å². The number of halogens is 1. The van der Waals surface area contributed by atoms with Gasteiger partial charge in [-0.25, -0.2) is 0 Å². The second kappa shape index (κ2) is 4.62. The molecule has 2 nitrogen and oxygen atoms in total. The van der Waals surface area contributed by atoms with Gasteiger partial charge in [0.1, 0.15) is 5.75 Å². The smallest absolute Gasteiger partial charge is 0.120 e. The molecule has 0 saturated carbocycles. The Morgan fingerprint density at radius 2 is 2.18 bits per heavy atom. The SMILES string of the molecule is CCOc1cc(Br)c2c(c1)C(NC)CC2(C)C. The molecule has 1 unspecified atom stereocenters. The third kappa shape index (κ3) is 2.23. The zero-order valence-electron chi connectivity index (χ0n) is 10.9. The van der Waals surface area contributed by atoms with Crippen molar-refractivity contribution in [2.45, 2.75) is 38.6 Å². The van der Waals surface area contributed by atoms with Gasteiger partial charge in [0.05, 0.1) is 6.61 Å². The highest BCUT2D eigenvalue weighted by molar-refractivity contribution is 9.10. The fourth-order valence-electron chi connectivity index (χ4n) is 2.82. The first-order valence-electron chi connectivity index (χ1n) is 6.13.